The third-order valence-corrected chi connectivity index (χ3v) is 8.85. The van der Waals surface area contributed by atoms with E-state index in [4.69, 9.17) is 24.8 Å². The first-order valence-electron chi connectivity index (χ1n) is 19.0. The lowest BCUT2D eigenvalue weighted by Crippen LogP contribution is -2.34. The molecule has 0 bridgehead atoms. The Hall–Kier alpha value is -2.30. The summed E-state index contributed by atoms with van der Waals surface area (Å²) < 4.78 is 32.5. The van der Waals surface area contributed by atoms with E-state index in [1.54, 1.807) is 0 Å². The first kappa shape index (κ1) is 47.7. The molecule has 11 nitrogen and oxygen atoms in total. The molecule has 0 radical (unpaired) electrons. The first-order chi connectivity index (χ1) is 24.1. The minimum absolute atomic E-state index is 0.159. The lowest BCUT2D eigenvalue weighted by molar-refractivity contribution is -0.161. The summed E-state index contributed by atoms with van der Waals surface area (Å²) in [5.74, 6) is -2.40. The molecule has 0 aliphatic heterocycles. The van der Waals surface area contributed by atoms with Crippen LogP contribution >= 0.6 is 7.82 Å². The maximum absolute atomic E-state index is 12.5. The molecule has 0 amide bonds. The lowest BCUT2D eigenvalue weighted by Gasteiger charge is -2.20. The second-order valence-electron chi connectivity index (χ2n) is 12.7. The quantitative estimate of drug-likeness (QED) is 0.0246. The van der Waals surface area contributed by atoms with Crippen molar-refractivity contribution < 1.29 is 47.5 Å². The van der Waals surface area contributed by atoms with Gasteiger partial charge in [-0.1, -0.05) is 134 Å². The van der Waals surface area contributed by atoms with Gasteiger partial charge in [-0.3, -0.25) is 23.4 Å². The molecule has 0 aliphatic carbocycles. The van der Waals surface area contributed by atoms with Crippen molar-refractivity contribution in [2.45, 2.75) is 167 Å². The number of esters is 2. The van der Waals surface area contributed by atoms with Crippen molar-refractivity contribution in [1.29, 1.82) is 0 Å². The summed E-state index contributed by atoms with van der Waals surface area (Å²) in [7, 11) is -4.71. The molecule has 0 rings (SSSR count). The average molecular weight is 730 g/mol. The fraction of sp³-hybridized carbons (Fsp3) is 0.763. The van der Waals surface area contributed by atoms with Gasteiger partial charge in [0.25, 0.3) is 0 Å². The number of allylic oxidation sites excluding steroid dienone is 6. The Morgan fingerprint density at radius 3 is 1.68 bits per heavy atom. The fourth-order valence-corrected chi connectivity index (χ4v) is 5.68. The maximum Gasteiger partial charge on any atom is 0.472 e. The largest absolute Gasteiger partial charge is 0.480 e. The number of carbonyl (C=O) groups excluding carboxylic acids is 2. The summed E-state index contributed by atoms with van der Waals surface area (Å²) in [6, 6.07) is -1.52. The Morgan fingerprint density at radius 2 is 1.12 bits per heavy atom. The van der Waals surface area contributed by atoms with E-state index in [2.05, 4.69) is 54.8 Å². The number of unbranched alkanes of at least 4 members (excludes halogenated alkanes) is 15. The Bertz CT molecular complexity index is 1000. The second-order valence-corrected chi connectivity index (χ2v) is 14.1. The van der Waals surface area contributed by atoms with Crippen LogP contribution in [0.1, 0.15) is 155 Å². The predicted octanol–water partition coefficient (Wildman–Crippen LogP) is 9.28. The van der Waals surface area contributed by atoms with E-state index in [1.807, 2.05) is 0 Å². The van der Waals surface area contributed by atoms with Crippen LogP contribution in [0.5, 0.6) is 0 Å². The Labute approximate surface area is 302 Å². The second kappa shape index (κ2) is 33.8. The molecule has 0 saturated carbocycles. The molecule has 0 aromatic carbocycles. The summed E-state index contributed by atoms with van der Waals surface area (Å²) in [5, 5.41) is 8.85. The topological polar surface area (TPSA) is 172 Å². The number of phosphoric acid groups is 1. The number of carbonyl (C=O) groups is 3. The number of aliphatic carboxylic acids is 1. The zero-order valence-corrected chi connectivity index (χ0v) is 31.9. The van der Waals surface area contributed by atoms with Crippen LogP contribution in [0.4, 0.5) is 0 Å². The third-order valence-electron chi connectivity index (χ3n) is 7.90. The van der Waals surface area contributed by atoms with E-state index in [0.29, 0.717) is 12.8 Å². The number of rotatable bonds is 35. The van der Waals surface area contributed by atoms with E-state index in [0.717, 1.165) is 70.6 Å². The van der Waals surface area contributed by atoms with Gasteiger partial charge in [-0.05, 0) is 44.9 Å². The number of phosphoric ester groups is 1. The zero-order chi connectivity index (χ0) is 37.1. The monoisotopic (exact) mass is 729 g/mol. The average Bonchev–Trinajstić information content (AvgIpc) is 3.09. The van der Waals surface area contributed by atoms with Crippen molar-refractivity contribution in [1.82, 2.24) is 0 Å². The van der Waals surface area contributed by atoms with Gasteiger partial charge < -0.3 is 25.2 Å². The summed E-state index contributed by atoms with van der Waals surface area (Å²) in [5.41, 5.74) is 5.31. The molecule has 0 fully saturated rings. The summed E-state index contributed by atoms with van der Waals surface area (Å²) in [4.78, 5) is 45.7. The molecule has 290 valence electrons. The van der Waals surface area contributed by atoms with Crippen LogP contribution in [-0.4, -0.2) is 59.9 Å². The van der Waals surface area contributed by atoms with E-state index in [-0.39, 0.29) is 19.4 Å². The highest BCUT2D eigenvalue weighted by Gasteiger charge is 2.28. The standard InChI is InChI=1S/C38H68NO10P/c1-3-5-7-9-11-13-15-16-17-18-20-21-23-25-27-29-36(40)46-31-34(32-47-50(44,45)48-33-35(39)38(42)43)49-37(41)30-28-26-24-22-19-14-12-10-8-6-4-2/h5,7,11,13,16-17,34-35H,3-4,6,8-10,12,14-15,18-33,39H2,1-2H3,(H,42,43)(H,44,45)/t34-,35+/m1/s1. The molecular weight excluding hydrogens is 661 g/mol. The highest BCUT2D eigenvalue weighted by atomic mass is 31.2. The molecule has 3 atom stereocenters. The number of ether oxygens (including phenoxy) is 2. The Morgan fingerprint density at radius 1 is 0.640 bits per heavy atom. The Kier molecular flexibility index (Phi) is 32.3. The van der Waals surface area contributed by atoms with E-state index in [1.165, 1.54) is 44.9 Å². The molecule has 0 saturated heterocycles. The van der Waals surface area contributed by atoms with Crippen LogP contribution in [-0.2, 0) is 37.5 Å². The van der Waals surface area contributed by atoms with Crippen LogP contribution in [0.2, 0.25) is 0 Å². The first-order valence-corrected chi connectivity index (χ1v) is 20.5. The fourth-order valence-electron chi connectivity index (χ4n) is 4.90. The van der Waals surface area contributed by atoms with Crippen molar-refractivity contribution in [3.63, 3.8) is 0 Å². The molecule has 0 aromatic heterocycles. The number of carboxylic acids is 1. The van der Waals surface area contributed by atoms with Gasteiger partial charge in [-0.25, -0.2) is 4.57 Å². The number of hydrogen-bond donors (Lipinski definition) is 3. The molecule has 4 N–H and O–H groups in total. The van der Waals surface area contributed by atoms with Crippen LogP contribution in [0.3, 0.4) is 0 Å². The number of nitrogens with two attached hydrogens (primary N) is 1. The van der Waals surface area contributed by atoms with Gasteiger partial charge in [-0.15, -0.1) is 0 Å². The molecule has 12 heteroatoms. The zero-order valence-electron chi connectivity index (χ0n) is 31.0. The van der Waals surface area contributed by atoms with Gasteiger partial charge in [0.1, 0.15) is 12.6 Å². The number of hydrogen-bond acceptors (Lipinski definition) is 9. The highest BCUT2D eigenvalue weighted by Crippen LogP contribution is 2.43. The minimum atomic E-state index is -4.71. The SMILES string of the molecule is CCC=CCC=CCC=CCCCCCCCC(=O)OC[C@H](COP(=O)(O)OC[C@H](N)C(=O)O)OC(=O)CCCCCCCCCCCCC. The number of carboxylic acid groups (broad SMARTS) is 1. The molecule has 0 heterocycles. The molecule has 1 unspecified atom stereocenters. The lowest BCUT2D eigenvalue weighted by atomic mass is 10.1. The summed E-state index contributed by atoms with van der Waals surface area (Å²) in [6.45, 7) is 2.64. The molecule has 0 spiro atoms. The summed E-state index contributed by atoms with van der Waals surface area (Å²) in [6.07, 6.45) is 33.6. The van der Waals surface area contributed by atoms with Crippen LogP contribution in [0.25, 0.3) is 0 Å². The molecular formula is C38H68NO10P. The van der Waals surface area contributed by atoms with Crippen LogP contribution < -0.4 is 5.73 Å². The van der Waals surface area contributed by atoms with Gasteiger partial charge in [0.15, 0.2) is 6.10 Å². The van der Waals surface area contributed by atoms with Gasteiger partial charge in [0.2, 0.25) is 0 Å². The molecule has 0 aromatic rings. The van der Waals surface area contributed by atoms with Crippen LogP contribution in [0.15, 0.2) is 36.5 Å². The van der Waals surface area contributed by atoms with Crippen molar-refractivity contribution in [3.8, 4) is 0 Å². The van der Waals surface area contributed by atoms with Crippen LogP contribution in [0, 0.1) is 0 Å². The van der Waals surface area contributed by atoms with E-state index < -0.39 is 51.1 Å². The normalized spacial score (nSPS) is 14.3. The van der Waals surface area contributed by atoms with E-state index in [9.17, 15) is 23.8 Å². The highest BCUT2D eigenvalue weighted by molar-refractivity contribution is 7.47. The van der Waals surface area contributed by atoms with E-state index >= 15 is 0 Å². The van der Waals surface area contributed by atoms with Gasteiger partial charge in [0.05, 0.1) is 13.2 Å². The maximum atomic E-state index is 12.5. The van der Waals surface area contributed by atoms with Crippen molar-refractivity contribution >= 4 is 25.7 Å². The smallest absolute Gasteiger partial charge is 0.472 e. The van der Waals surface area contributed by atoms with Gasteiger partial charge in [-0.2, -0.15) is 0 Å². The molecule has 50 heavy (non-hydrogen) atoms. The Balaban J connectivity index is 4.45. The van der Waals surface area contributed by atoms with Gasteiger partial charge >= 0.3 is 25.7 Å². The third kappa shape index (κ3) is 32.9. The van der Waals surface area contributed by atoms with Crippen molar-refractivity contribution in [3.05, 3.63) is 36.5 Å². The summed E-state index contributed by atoms with van der Waals surface area (Å²) >= 11 is 0. The van der Waals surface area contributed by atoms with Crippen molar-refractivity contribution in [2.75, 3.05) is 19.8 Å². The van der Waals surface area contributed by atoms with Gasteiger partial charge in [0, 0.05) is 12.8 Å². The van der Waals surface area contributed by atoms with Crippen molar-refractivity contribution in [2.24, 2.45) is 5.73 Å². The predicted molar refractivity (Wildman–Crippen MR) is 199 cm³/mol. The minimum Gasteiger partial charge on any atom is -0.480 e. The molecule has 0 aliphatic rings.